The third kappa shape index (κ3) is 5.73. The van der Waals surface area contributed by atoms with Gasteiger partial charge in [-0.25, -0.2) is 4.79 Å². The fourth-order valence-electron chi connectivity index (χ4n) is 2.94. The number of nitrogens with zero attached hydrogens (tertiary/aromatic N) is 3. The average molecular weight is 347 g/mol. The first-order valence-electron chi connectivity index (χ1n) is 8.91. The van der Waals surface area contributed by atoms with Crippen molar-refractivity contribution in [1.82, 2.24) is 14.8 Å². The van der Waals surface area contributed by atoms with E-state index in [1.54, 1.807) is 29.2 Å². The molecule has 1 aliphatic rings. The summed E-state index contributed by atoms with van der Waals surface area (Å²) in [5, 5.41) is 0. The van der Waals surface area contributed by atoms with Gasteiger partial charge in [0.15, 0.2) is 0 Å². The minimum atomic E-state index is -0.560. The molecule has 1 fully saturated rings. The molecule has 138 valence electrons. The second-order valence-electron chi connectivity index (χ2n) is 7.55. The maximum absolute atomic E-state index is 12.9. The van der Waals surface area contributed by atoms with Gasteiger partial charge in [-0.2, -0.15) is 0 Å². The van der Waals surface area contributed by atoms with Gasteiger partial charge in [0.25, 0.3) is 0 Å². The highest BCUT2D eigenvalue weighted by Gasteiger charge is 2.36. The summed E-state index contributed by atoms with van der Waals surface area (Å²) in [5.74, 6) is -0.0142. The zero-order chi connectivity index (χ0) is 18.4. The van der Waals surface area contributed by atoms with Gasteiger partial charge in [-0.3, -0.25) is 14.7 Å². The Morgan fingerprint density at radius 1 is 1.28 bits per heavy atom. The van der Waals surface area contributed by atoms with Crippen LogP contribution < -0.4 is 0 Å². The van der Waals surface area contributed by atoms with Gasteiger partial charge in [0.2, 0.25) is 5.91 Å². The van der Waals surface area contributed by atoms with Crippen molar-refractivity contribution in [2.24, 2.45) is 0 Å². The number of carbonyl (C=O) groups is 2. The number of rotatable bonds is 4. The number of likely N-dealkylation sites (N-methyl/N-ethyl adjacent to an activating group) is 1. The van der Waals surface area contributed by atoms with Gasteiger partial charge < -0.3 is 9.64 Å². The van der Waals surface area contributed by atoms with E-state index in [1.807, 2.05) is 32.9 Å². The predicted molar refractivity (Wildman–Crippen MR) is 96.2 cm³/mol. The van der Waals surface area contributed by atoms with Gasteiger partial charge in [0.1, 0.15) is 11.6 Å². The Balaban J connectivity index is 1.97. The number of hydrogen-bond donors (Lipinski definition) is 0. The number of likely N-dealkylation sites (tertiary alicyclic amines) is 1. The van der Waals surface area contributed by atoms with Gasteiger partial charge in [0, 0.05) is 32.5 Å². The van der Waals surface area contributed by atoms with Crippen LogP contribution in [0.25, 0.3) is 0 Å². The molecular weight excluding hydrogens is 318 g/mol. The molecule has 6 nitrogen and oxygen atoms in total. The fraction of sp³-hybridized carbons (Fsp3) is 0.632. The van der Waals surface area contributed by atoms with Crippen LogP contribution in [-0.2, 0) is 16.0 Å². The Morgan fingerprint density at radius 3 is 2.60 bits per heavy atom. The van der Waals surface area contributed by atoms with Gasteiger partial charge in [-0.15, -0.1) is 0 Å². The van der Waals surface area contributed by atoms with Crippen LogP contribution in [0.5, 0.6) is 0 Å². The van der Waals surface area contributed by atoms with E-state index < -0.39 is 17.7 Å². The zero-order valence-corrected chi connectivity index (χ0v) is 15.7. The predicted octanol–water partition coefficient (Wildman–Crippen LogP) is 2.87. The first-order valence-corrected chi connectivity index (χ1v) is 8.91. The van der Waals surface area contributed by atoms with E-state index in [1.165, 1.54) is 0 Å². The third-order valence-electron chi connectivity index (χ3n) is 4.28. The Labute approximate surface area is 150 Å². The molecule has 0 saturated carbocycles. The van der Waals surface area contributed by atoms with Gasteiger partial charge in [-0.05, 0) is 64.2 Å². The van der Waals surface area contributed by atoms with Crippen molar-refractivity contribution in [2.75, 3.05) is 20.1 Å². The Kier molecular flexibility index (Phi) is 6.39. The molecule has 0 spiro atoms. The molecule has 1 saturated heterocycles. The van der Waals surface area contributed by atoms with Crippen molar-refractivity contribution < 1.29 is 14.3 Å². The number of ether oxygens (including phenoxy) is 1. The van der Waals surface area contributed by atoms with Crippen LogP contribution in [0.4, 0.5) is 4.79 Å². The van der Waals surface area contributed by atoms with E-state index in [-0.39, 0.29) is 5.91 Å². The number of hydrogen-bond acceptors (Lipinski definition) is 4. The maximum atomic E-state index is 12.9. The van der Waals surface area contributed by atoms with E-state index >= 15 is 0 Å². The van der Waals surface area contributed by atoms with E-state index in [9.17, 15) is 9.59 Å². The summed E-state index contributed by atoms with van der Waals surface area (Å²) >= 11 is 0. The summed E-state index contributed by atoms with van der Waals surface area (Å²) in [6.07, 6.45) is 6.43. The first-order chi connectivity index (χ1) is 11.8. The highest BCUT2D eigenvalue weighted by Crippen LogP contribution is 2.22. The van der Waals surface area contributed by atoms with Gasteiger partial charge in [0.05, 0.1) is 0 Å². The SMILES string of the molecule is CN(CCc1ccncc1)C(=O)[C@H]1CCCCN1C(=O)OC(C)(C)C. The third-order valence-corrected chi connectivity index (χ3v) is 4.28. The summed E-state index contributed by atoms with van der Waals surface area (Å²) < 4.78 is 5.48. The molecule has 0 bridgehead atoms. The molecule has 1 aromatic heterocycles. The minimum absolute atomic E-state index is 0.0142. The lowest BCUT2D eigenvalue weighted by Crippen LogP contribution is -2.53. The molecule has 25 heavy (non-hydrogen) atoms. The molecule has 2 rings (SSSR count). The normalized spacial score (nSPS) is 17.9. The number of aromatic nitrogens is 1. The maximum Gasteiger partial charge on any atom is 0.410 e. The molecule has 0 unspecified atom stereocenters. The molecule has 2 heterocycles. The smallest absolute Gasteiger partial charge is 0.410 e. The van der Waals surface area contributed by atoms with Crippen molar-refractivity contribution >= 4 is 12.0 Å². The van der Waals surface area contributed by atoms with Crippen molar-refractivity contribution in [3.05, 3.63) is 30.1 Å². The van der Waals surface area contributed by atoms with E-state index in [4.69, 9.17) is 4.74 Å². The van der Waals surface area contributed by atoms with E-state index in [2.05, 4.69) is 4.98 Å². The summed E-state index contributed by atoms with van der Waals surface area (Å²) in [6, 6.07) is 3.48. The molecule has 6 heteroatoms. The molecule has 1 atom stereocenters. The Bertz CT molecular complexity index is 583. The quantitative estimate of drug-likeness (QED) is 0.840. The molecule has 1 aliphatic heterocycles. The summed E-state index contributed by atoms with van der Waals surface area (Å²) in [5.41, 5.74) is 0.581. The lowest BCUT2D eigenvalue weighted by atomic mass is 10.0. The van der Waals surface area contributed by atoms with Crippen molar-refractivity contribution in [3.8, 4) is 0 Å². The first kappa shape index (κ1) is 19.2. The molecular formula is C19H29N3O3. The monoisotopic (exact) mass is 347 g/mol. The molecule has 0 N–H and O–H groups in total. The Hall–Kier alpha value is -2.11. The zero-order valence-electron chi connectivity index (χ0n) is 15.7. The van der Waals surface area contributed by atoms with Crippen molar-refractivity contribution in [1.29, 1.82) is 0 Å². The van der Waals surface area contributed by atoms with Gasteiger partial charge >= 0.3 is 6.09 Å². The second-order valence-corrected chi connectivity index (χ2v) is 7.55. The van der Waals surface area contributed by atoms with Gasteiger partial charge in [-0.1, -0.05) is 0 Å². The molecule has 0 aromatic carbocycles. The largest absolute Gasteiger partial charge is 0.444 e. The van der Waals surface area contributed by atoms with Crippen LogP contribution in [0, 0.1) is 0 Å². The minimum Gasteiger partial charge on any atom is -0.444 e. The molecule has 0 aliphatic carbocycles. The highest BCUT2D eigenvalue weighted by molar-refractivity contribution is 5.85. The topological polar surface area (TPSA) is 62.7 Å². The second kappa shape index (κ2) is 8.32. The van der Waals surface area contributed by atoms with Crippen LogP contribution in [-0.4, -0.2) is 58.6 Å². The number of carbonyl (C=O) groups excluding carboxylic acids is 2. The Morgan fingerprint density at radius 2 is 1.96 bits per heavy atom. The van der Waals surface area contributed by atoms with E-state index in [0.717, 1.165) is 24.8 Å². The summed E-state index contributed by atoms with van der Waals surface area (Å²) in [7, 11) is 1.80. The average Bonchev–Trinajstić information content (AvgIpc) is 2.58. The number of piperidine rings is 1. The van der Waals surface area contributed by atoms with Crippen LogP contribution in [0.1, 0.15) is 45.6 Å². The molecule has 2 amide bonds. The highest BCUT2D eigenvalue weighted by atomic mass is 16.6. The number of pyridine rings is 1. The van der Waals surface area contributed by atoms with Crippen molar-refractivity contribution in [2.45, 2.75) is 58.1 Å². The van der Waals surface area contributed by atoms with Crippen LogP contribution in [0.2, 0.25) is 0 Å². The summed E-state index contributed by atoms with van der Waals surface area (Å²) in [4.78, 5) is 32.6. The lowest BCUT2D eigenvalue weighted by molar-refractivity contribution is -0.136. The molecule has 1 aromatic rings. The van der Waals surface area contributed by atoms with Crippen LogP contribution in [0.3, 0.4) is 0 Å². The standard InChI is InChI=1S/C19H29N3O3/c1-19(2,3)25-18(24)22-13-6-5-7-16(22)17(23)21(4)14-10-15-8-11-20-12-9-15/h8-9,11-12,16H,5-7,10,13-14H2,1-4H3/t16-/m1/s1. The lowest BCUT2D eigenvalue weighted by Gasteiger charge is -2.37. The van der Waals surface area contributed by atoms with E-state index in [0.29, 0.717) is 19.5 Å². The summed E-state index contributed by atoms with van der Waals surface area (Å²) in [6.45, 7) is 6.70. The van der Waals surface area contributed by atoms with Crippen molar-refractivity contribution in [3.63, 3.8) is 0 Å². The van der Waals surface area contributed by atoms with Crippen LogP contribution >= 0.6 is 0 Å². The number of amides is 2. The fourth-order valence-corrected chi connectivity index (χ4v) is 2.94. The molecule has 0 radical (unpaired) electrons. The van der Waals surface area contributed by atoms with Crippen LogP contribution in [0.15, 0.2) is 24.5 Å².